The Morgan fingerprint density at radius 3 is 2.38 bits per heavy atom. The molecule has 34 heavy (non-hydrogen) atoms. The van der Waals surface area contributed by atoms with E-state index in [-0.39, 0.29) is 11.9 Å². The van der Waals surface area contributed by atoms with Crippen LogP contribution < -0.4 is 11.1 Å². The van der Waals surface area contributed by atoms with Gasteiger partial charge in [0.2, 0.25) is 5.95 Å². The average Bonchev–Trinajstić information content (AvgIpc) is 3.35. The number of nitrogens with two attached hydrogens (primary N) is 1. The van der Waals surface area contributed by atoms with Crippen molar-refractivity contribution in [3.05, 3.63) is 54.5 Å². The predicted octanol–water partition coefficient (Wildman–Crippen LogP) is 2.98. The Bertz CT molecular complexity index is 1210. The lowest BCUT2D eigenvalue weighted by Gasteiger charge is -2.30. The standard InChI is InChI=1S/C23H27N9O2/c1-14(2)23(3,16-5-6-17(26-11-16)15-9-29-22(24)30-10-15)21-31-20(34-32-21)18-12-28-19(13-27-18)25-7-8-33-4/h5-6,9-14H,7-8H2,1-4H3,(H,25,28)(H2,24,29,30). The first-order valence-electron chi connectivity index (χ1n) is 10.9. The molecule has 4 rings (SSSR count). The number of methoxy groups -OCH3 is 1. The highest BCUT2D eigenvalue weighted by atomic mass is 16.5. The molecule has 1 atom stereocenters. The number of nitrogen functional groups attached to an aromatic ring is 1. The molecule has 0 aliphatic rings. The van der Waals surface area contributed by atoms with Crippen molar-refractivity contribution in [3.63, 3.8) is 0 Å². The average molecular weight is 462 g/mol. The van der Waals surface area contributed by atoms with Crippen LogP contribution in [0.15, 0.2) is 47.6 Å². The zero-order valence-electron chi connectivity index (χ0n) is 19.6. The summed E-state index contributed by atoms with van der Waals surface area (Å²) < 4.78 is 10.6. The number of ether oxygens (including phenoxy) is 1. The maximum atomic E-state index is 5.58. The van der Waals surface area contributed by atoms with Crippen molar-refractivity contribution in [1.29, 1.82) is 0 Å². The van der Waals surface area contributed by atoms with Gasteiger partial charge < -0.3 is 20.3 Å². The van der Waals surface area contributed by atoms with Crippen LogP contribution in [-0.2, 0) is 10.2 Å². The number of hydrogen-bond acceptors (Lipinski definition) is 11. The van der Waals surface area contributed by atoms with E-state index in [1.807, 2.05) is 18.3 Å². The van der Waals surface area contributed by atoms with Gasteiger partial charge in [0.1, 0.15) is 11.5 Å². The number of anilines is 2. The second-order valence-electron chi connectivity index (χ2n) is 8.25. The minimum atomic E-state index is -0.542. The van der Waals surface area contributed by atoms with Crippen LogP contribution in [0.25, 0.3) is 22.8 Å². The van der Waals surface area contributed by atoms with Crippen molar-refractivity contribution in [1.82, 2.24) is 35.1 Å². The number of hydrogen-bond donors (Lipinski definition) is 2. The fourth-order valence-corrected chi connectivity index (χ4v) is 3.41. The zero-order chi connectivity index (χ0) is 24.1. The molecule has 4 aromatic heterocycles. The summed E-state index contributed by atoms with van der Waals surface area (Å²) in [5, 5.41) is 7.41. The van der Waals surface area contributed by atoms with E-state index in [2.05, 4.69) is 61.1 Å². The topological polar surface area (TPSA) is 151 Å². The molecule has 0 saturated heterocycles. The predicted molar refractivity (Wildman–Crippen MR) is 127 cm³/mol. The smallest absolute Gasteiger partial charge is 0.278 e. The lowest BCUT2D eigenvalue weighted by Crippen LogP contribution is -2.31. The third-order valence-corrected chi connectivity index (χ3v) is 5.86. The summed E-state index contributed by atoms with van der Waals surface area (Å²) >= 11 is 0. The van der Waals surface area contributed by atoms with Gasteiger partial charge in [0.25, 0.3) is 5.89 Å². The summed E-state index contributed by atoms with van der Waals surface area (Å²) in [6, 6.07) is 3.93. The van der Waals surface area contributed by atoms with Gasteiger partial charge in [0.15, 0.2) is 5.82 Å². The van der Waals surface area contributed by atoms with Gasteiger partial charge in [-0.1, -0.05) is 25.1 Å². The molecule has 0 saturated carbocycles. The summed E-state index contributed by atoms with van der Waals surface area (Å²) in [7, 11) is 1.65. The molecule has 0 aliphatic carbocycles. The minimum Gasteiger partial charge on any atom is -0.383 e. The third-order valence-electron chi connectivity index (χ3n) is 5.86. The molecule has 0 fully saturated rings. The van der Waals surface area contributed by atoms with Gasteiger partial charge in [-0.2, -0.15) is 4.98 Å². The fraction of sp³-hybridized carbons (Fsp3) is 0.348. The van der Waals surface area contributed by atoms with Crippen LogP contribution >= 0.6 is 0 Å². The molecule has 11 heteroatoms. The van der Waals surface area contributed by atoms with Crippen LogP contribution in [0.3, 0.4) is 0 Å². The molecular formula is C23H27N9O2. The van der Waals surface area contributed by atoms with Crippen molar-refractivity contribution < 1.29 is 9.26 Å². The highest BCUT2D eigenvalue weighted by molar-refractivity contribution is 5.57. The van der Waals surface area contributed by atoms with E-state index in [1.165, 1.54) is 0 Å². The Balaban J connectivity index is 1.58. The number of nitrogens with one attached hydrogen (secondary N) is 1. The third kappa shape index (κ3) is 4.69. The van der Waals surface area contributed by atoms with E-state index in [4.69, 9.17) is 15.0 Å². The van der Waals surface area contributed by atoms with Crippen molar-refractivity contribution in [3.8, 4) is 22.8 Å². The van der Waals surface area contributed by atoms with Gasteiger partial charge >= 0.3 is 0 Å². The van der Waals surface area contributed by atoms with Gasteiger partial charge in [-0.05, 0) is 24.5 Å². The first-order chi connectivity index (χ1) is 16.4. The maximum Gasteiger partial charge on any atom is 0.278 e. The van der Waals surface area contributed by atoms with E-state index in [0.29, 0.717) is 36.4 Å². The second kappa shape index (κ2) is 9.87. The zero-order valence-corrected chi connectivity index (χ0v) is 19.6. The largest absolute Gasteiger partial charge is 0.383 e. The first-order valence-corrected chi connectivity index (χ1v) is 10.9. The monoisotopic (exact) mass is 461 g/mol. The highest BCUT2D eigenvalue weighted by Crippen LogP contribution is 2.38. The van der Waals surface area contributed by atoms with Gasteiger partial charge in [0, 0.05) is 37.8 Å². The van der Waals surface area contributed by atoms with E-state index in [1.54, 1.807) is 31.9 Å². The molecule has 0 bridgehead atoms. The Morgan fingerprint density at radius 2 is 1.76 bits per heavy atom. The molecule has 11 nitrogen and oxygen atoms in total. The number of aromatic nitrogens is 7. The van der Waals surface area contributed by atoms with E-state index in [9.17, 15) is 0 Å². The van der Waals surface area contributed by atoms with Crippen LogP contribution in [0.1, 0.15) is 32.2 Å². The number of rotatable bonds is 9. The van der Waals surface area contributed by atoms with Crippen LogP contribution in [0.4, 0.5) is 11.8 Å². The summed E-state index contributed by atoms with van der Waals surface area (Å²) in [6.07, 6.45) is 8.35. The normalized spacial score (nSPS) is 13.1. The molecule has 3 N–H and O–H groups in total. The Morgan fingerprint density at radius 1 is 1.00 bits per heavy atom. The number of nitrogens with zero attached hydrogens (tertiary/aromatic N) is 7. The quantitative estimate of drug-likeness (QED) is 0.354. The molecule has 4 aromatic rings. The molecule has 0 radical (unpaired) electrons. The fourth-order valence-electron chi connectivity index (χ4n) is 3.41. The van der Waals surface area contributed by atoms with Crippen molar-refractivity contribution >= 4 is 11.8 Å². The van der Waals surface area contributed by atoms with Crippen LogP contribution in [0.5, 0.6) is 0 Å². The minimum absolute atomic E-state index is 0.156. The van der Waals surface area contributed by atoms with Crippen LogP contribution in [0.2, 0.25) is 0 Å². The van der Waals surface area contributed by atoms with E-state index in [0.717, 1.165) is 16.8 Å². The van der Waals surface area contributed by atoms with Gasteiger partial charge in [-0.3, -0.25) is 4.98 Å². The lowest BCUT2D eigenvalue weighted by atomic mass is 9.73. The van der Waals surface area contributed by atoms with Gasteiger partial charge in [-0.25, -0.2) is 19.9 Å². The summed E-state index contributed by atoms with van der Waals surface area (Å²) in [4.78, 5) is 26.1. The van der Waals surface area contributed by atoms with Crippen molar-refractivity contribution in [2.75, 3.05) is 31.3 Å². The molecular weight excluding hydrogens is 434 g/mol. The maximum absolute atomic E-state index is 5.58. The van der Waals surface area contributed by atoms with Crippen molar-refractivity contribution in [2.24, 2.45) is 5.92 Å². The van der Waals surface area contributed by atoms with E-state index >= 15 is 0 Å². The number of pyridine rings is 1. The molecule has 176 valence electrons. The first kappa shape index (κ1) is 23.2. The summed E-state index contributed by atoms with van der Waals surface area (Å²) in [5.41, 5.74) is 8.03. The van der Waals surface area contributed by atoms with Crippen molar-refractivity contribution in [2.45, 2.75) is 26.2 Å². The summed E-state index contributed by atoms with van der Waals surface area (Å²) in [6.45, 7) is 7.51. The Kier molecular flexibility index (Phi) is 6.73. The molecule has 4 heterocycles. The van der Waals surface area contributed by atoms with Crippen LogP contribution in [-0.4, -0.2) is 55.3 Å². The Hall–Kier alpha value is -3.99. The molecule has 0 amide bonds. The molecule has 1 unspecified atom stereocenters. The second-order valence-corrected chi connectivity index (χ2v) is 8.25. The van der Waals surface area contributed by atoms with Gasteiger partial charge in [-0.15, -0.1) is 0 Å². The SMILES string of the molecule is COCCNc1cnc(-c2nc(C(C)(c3ccc(-c4cnc(N)nc4)nc3)C(C)C)no2)cn1. The Labute approximate surface area is 197 Å². The molecule has 0 aromatic carbocycles. The van der Waals surface area contributed by atoms with Crippen LogP contribution in [0, 0.1) is 5.92 Å². The van der Waals surface area contributed by atoms with E-state index < -0.39 is 5.41 Å². The lowest BCUT2D eigenvalue weighted by molar-refractivity contribution is 0.210. The molecule has 0 spiro atoms. The highest BCUT2D eigenvalue weighted by Gasteiger charge is 2.38. The van der Waals surface area contributed by atoms with Gasteiger partial charge in [0.05, 0.1) is 30.1 Å². The summed E-state index contributed by atoms with van der Waals surface area (Å²) in [5.74, 6) is 1.88. The molecule has 0 aliphatic heterocycles.